The number of aryl methyl sites for hydroxylation is 1. The van der Waals surface area contributed by atoms with Crippen LogP contribution in [0.4, 0.5) is 18.9 Å². The summed E-state index contributed by atoms with van der Waals surface area (Å²) in [6.45, 7) is 3.81. The summed E-state index contributed by atoms with van der Waals surface area (Å²) in [4.78, 5) is 0. The molecule has 0 aliphatic heterocycles. The van der Waals surface area contributed by atoms with E-state index in [1.807, 2.05) is 38.1 Å². The van der Waals surface area contributed by atoms with Crippen LogP contribution in [0.25, 0.3) is 0 Å². The van der Waals surface area contributed by atoms with E-state index in [-0.39, 0.29) is 6.04 Å². The van der Waals surface area contributed by atoms with Crippen molar-refractivity contribution in [3.8, 4) is 0 Å². The minimum atomic E-state index is -4.31. The normalized spacial score (nSPS) is 13.1. The first-order valence-corrected chi connectivity index (χ1v) is 6.37. The van der Waals surface area contributed by atoms with Crippen molar-refractivity contribution in [1.29, 1.82) is 0 Å². The third-order valence-corrected chi connectivity index (χ3v) is 3.23. The van der Waals surface area contributed by atoms with E-state index < -0.39 is 11.7 Å². The molecule has 0 radical (unpaired) electrons. The van der Waals surface area contributed by atoms with Crippen LogP contribution in [0.2, 0.25) is 0 Å². The Morgan fingerprint density at radius 3 is 2.35 bits per heavy atom. The molecule has 0 spiro atoms. The van der Waals surface area contributed by atoms with Crippen molar-refractivity contribution < 1.29 is 13.2 Å². The summed E-state index contributed by atoms with van der Waals surface area (Å²) < 4.78 is 38.1. The predicted octanol–water partition coefficient (Wildman–Crippen LogP) is 5.19. The summed E-state index contributed by atoms with van der Waals surface area (Å²) >= 11 is 0. The van der Waals surface area contributed by atoms with E-state index in [0.717, 1.165) is 17.3 Å². The van der Waals surface area contributed by atoms with Crippen molar-refractivity contribution in [2.75, 3.05) is 5.32 Å². The summed E-state index contributed by atoms with van der Waals surface area (Å²) in [5, 5.41) is 3.24. The molecule has 0 saturated heterocycles. The molecule has 20 heavy (non-hydrogen) atoms. The lowest BCUT2D eigenvalue weighted by Crippen LogP contribution is -2.10. The Morgan fingerprint density at radius 1 is 1.00 bits per heavy atom. The Hall–Kier alpha value is -1.97. The second-order valence-corrected chi connectivity index (χ2v) is 4.80. The van der Waals surface area contributed by atoms with Gasteiger partial charge in [-0.2, -0.15) is 13.2 Å². The predicted molar refractivity (Wildman–Crippen MR) is 74.7 cm³/mol. The Bertz CT molecular complexity index is 590. The lowest BCUT2D eigenvalue weighted by atomic mass is 10.0. The second kappa shape index (κ2) is 5.57. The minimum absolute atomic E-state index is 0.196. The molecule has 1 nitrogen and oxygen atoms in total. The fraction of sp³-hybridized carbons (Fsp3) is 0.250. The number of hydrogen-bond acceptors (Lipinski definition) is 1. The van der Waals surface area contributed by atoms with Crippen LogP contribution < -0.4 is 5.32 Å². The zero-order valence-electron chi connectivity index (χ0n) is 11.3. The Balaban J connectivity index is 2.22. The summed E-state index contributed by atoms with van der Waals surface area (Å²) in [5.41, 5.74) is 1.99. The highest BCUT2D eigenvalue weighted by molar-refractivity contribution is 5.52. The van der Waals surface area contributed by atoms with E-state index in [9.17, 15) is 13.2 Å². The van der Waals surface area contributed by atoms with Crippen molar-refractivity contribution in [1.82, 2.24) is 0 Å². The minimum Gasteiger partial charge on any atom is -0.378 e. The van der Waals surface area contributed by atoms with Crippen LogP contribution >= 0.6 is 0 Å². The quantitative estimate of drug-likeness (QED) is 0.815. The fourth-order valence-electron chi connectivity index (χ4n) is 2.04. The number of para-hydroxylation sites is 1. The van der Waals surface area contributed by atoms with Crippen LogP contribution in [-0.2, 0) is 6.18 Å². The third-order valence-electron chi connectivity index (χ3n) is 3.23. The molecule has 1 atom stereocenters. The summed E-state index contributed by atoms with van der Waals surface area (Å²) in [6, 6.07) is 12.9. The maximum absolute atomic E-state index is 12.7. The van der Waals surface area contributed by atoms with E-state index in [2.05, 4.69) is 5.32 Å². The summed E-state index contributed by atoms with van der Waals surface area (Å²) in [6.07, 6.45) is -4.31. The maximum Gasteiger partial charge on any atom is 0.416 e. The van der Waals surface area contributed by atoms with E-state index >= 15 is 0 Å². The maximum atomic E-state index is 12.7. The van der Waals surface area contributed by atoms with Gasteiger partial charge in [-0.3, -0.25) is 0 Å². The average molecular weight is 279 g/mol. The largest absolute Gasteiger partial charge is 0.416 e. The highest BCUT2D eigenvalue weighted by Crippen LogP contribution is 2.31. The third kappa shape index (κ3) is 3.32. The topological polar surface area (TPSA) is 12.0 Å². The number of benzene rings is 2. The number of rotatable bonds is 3. The smallest absolute Gasteiger partial charge is 0.378 e. The standard InChI is InChI=1S/C16H16F3N/c1-11-6-3-4-9-15(11)20-12(2)13-7-5-8-14(10-13)16(17,18)19/h3-10,12,20H,1-2H3. The zero-order chi connectivity index (χ0) is 14.8. The first-order chi connectivity index (χ1) is 9.38. The van der Waals surface area contributed by atoms with Crippen molar-refractivity contribution in [3.63, 3.8) is 0 Å². The highest BCUT2D eigenvalue weighted by Gasteiger charge is 2.30. The monoisotopic (exact) mass is 279 g/mol. The molecule has 0 aliphatic carbocycles. The van der Waals surface area contributed by atoms with E-state index in [0.29, 0.717) is 5.56 Å². The number of alkyl halides is 3. The number of halogens is 3. The van der Waals surface area contributed by atoms with E-state index in [1.54, 1.807) is 6.07 Å². The second-order valence-electron chi connectivity index (χ2n) is 4.80. The van der Waals surface area contributed by atoms with Crippen molar-refractivity contribution in [2.45, 2.75) is 26.1 Å². The van der Waals surface area contributed by atoms with Gasteiger partial charge in [-0.05, 0) is 43.2 Å². The molecule has 0 amide bonds. The van der Waals surface area contributed by atoms with Crippen molar-refractivity contribution in [2.24, 2.45) is 0 Å². The van der Waals surface area contributed by atoms with Crippen LogP contribution in [0.1, 0.15) is 29.7 Å². The molecule has 0 saturated carbocycles. The molecular weight excluding hydrogens is 263 g/mol. The highest BCUT2D eigenvalue weighted by atomic mass is 19.4. The van der Waals surface area contributed by atoms with Crippen molar-refractivity contribution in [3.05, 3.63) is 65.2 Å². The van der Waals surface area contributed by atoms with Gasteiger partial charge in [-0.15, -0.1) is 0 Å². The van der Waals surface area contributed by atoms with Crippen LogP contribution in [-0.4, -0.2) is 0 Å². The lowest BCUT2D eigenvalue weighted by molar-refractivity contribution is -0.137. The van der Waals surface area contributed by atoms with Crippen molar-refractivity contribution >= 4 is 5.69 Å². The Kier molecular flexibility index (Phi) is 4.02. The van der Waals surface area contributed by atoms with Gasteiger partial charge in [0.1, 0.15) is 0 Å². The number of nitrogens with one attached hydrogen (secondary N) is 1. The lowest BCUT2D eigenvalue weighted by Gasteiger charge is -2.18. The molecule has 0 fully saturated rings. The van der Waals surface area contributed by atoms with Gasteiger partial charge in [0.2, 0.25) is 0 Å². The molecule has 2 aromatic rings. The molecule has 0 bridgehead atoms. The molecule has 2 rings (SSSR count). The number of anilines is 1. The van der Waals surface area contributed by atoms with Gasteiger partial charge in [0.05, 0.1) is 5.56 Å². The molecular formula is C16H16F3N. The average Bonchev–Trinajstić information content (AvgIpc) is 2.40. The molecule has 106 valence electrons. The van der Waals surface area contributed by atoms with Gasteiger partial charge in [0.15, 0.2) is 0 Å². The van der Waals surface area contributed by atoms with E-state index in [4.69, 9.17) is 0 Å². The molecule has 0 aliphatic rings. The van der Waals surface area contributed by atoms with Gasteiger partial charge >= 0.3 is 6.18 Å². The first-order valence-electron chi connectivity index (χ1n) is 6.37. The van der Waals surface area contributed by atoms with Gasteiger partial charge in [-0.25, -0.2) is 0 Å². The molecule has 4 heteroatoms. The van der Waals surface area contributed by atoms with Crippen LogP contribution in [0.3, 0.4) is 0 Å². The first kappa shape index (κ1) is 14.4. The van der Waals surface area contributed by atoms with Gasteiger partial charge < -0.3 is 5.32 Å². The van der Waals surface area contributed by atoms with Crippen LogP contribution in [0.15, 0.2) is 48.5 Å². The molecule has 2 aromatic carbocycles. The van der Waals surface area contributed by atoms with Crippen LogP contribution in [0, 0.1) is 6.92 Å². The molecule has 1 N–H and O–H groups in total. The fourth-order valence-corrected chi connectivity index (χ4v) is 2.04. The van der Waals surface area contributed by atoms with Crippen LogP contribution in [0.5, 0.6) is 0 Å². The Labute approximate surface area is 116 Å². The molecule has 0 heterocycles. The summed E-state index contributed by atoms with van der Waals surface area (Å²) in [5.74, 6) is 0. The number of hydrogen-bond donors (Lipinski definition) is 1. The SMILES string of the molecule is Cc1ccccc1NC(C)c1cccc(C(F)(F)F)c1. The molecule has 1 unspecified atom stereocenters. The van der Waals surface area contributed by atoms with Gasteiger partial charge in [-0.1, -0.05) is 30.3 Å². The Morgan fingerprint density at radius 2 is 1.70 bits per heavy atom. The summed E-state index contributed by atoms with van der Waals surface area (Å²) in [7, 11) is 0. The van der Waals surface area contributed by atoms with Gasteiger partial charge in [0, 0.05) is 11.7 Å². The molecule has 0 aromatic heterocycles. The van der Waals surface area contributed by atoms with Gasteiger partial charge in [0.25, 0.3) is 0 Å². The van der Waals surface area contributed by atoms with E-state index in [1.165, 1.54) is 12.1 Å². The zero-order valence-corrected chi connectivity index (χ0v) is 11.3.